The molecule has 4 heteroatoms. The summed E-state index contributed by atoms with van der Waals surface area (Å²) in [5.41, 5.74) is 9.75. The van der Waals surface area contributed by atoms with Gasteiger partial charge in [-0.1, -0.05) is 0 Å². The maximum Gasteiger partial charge on any atom is 0.149 e. The lowest BCUT2D eigenvalue weighted by Crippen LogP contribution is -2.02. The quantitative estimate of drug-likeness (QED) is 0.621. The molecule has 0 aliphatic carbocycles. The average Bonchev–Trinajstić information content (AvgIpc) is 1.95. The number of nitrogens with two attached hydrogens (primary N) is 1. The summed E-state index contributed by atoms with van der Waals surface area (Å²) in [6.07, 6.45) is 0. The third-order valence-electron chi connectivity index (χ3n) is 1.28. The number of hydrogen-bond donors (Lipinski definition) is 2. The maximum absolute atomic E-state index is 5.55. The number of nitrogen functional groups attached to an aromatic ring is 1. The van der Waals surface area contributed by atoms with Crippen LogP contribution in [0.3, 0.4) is 0 Å². The molecule has 60 valence electrons. The van der Waals surface area contributed by atoms with Crippen molar-refractivity contribution < 1.29 is 4.84 Å². The van der Waals surface area contributed by atoms with Crippen LogP contribution in [0.25, 0.3) is 0 Å². The molecule has 0 amide bonds. The Labute approximate surface area is 65.3 Å². The second-order valence-corrected chi connectivity index (χ2v) is 2.19. The molecule has 11 heavy (non-hydrogen) atoms. The first-order chi connectivity index (χ1) is 5.24. The van der Waals surface area contributed by atoms with Crippen molar-refractivity contribution in [2.45, 2.75) is 6.92 Å². The predicted octanol–water partition coefficient (Wildman–Crippen LogP) is 0.946. The zero-order chi connectivity index (χ0) is 8.27. The minimum atomic E-state index is 0.451. The third-order valence-corrected chi connectivity index (χ3v) is 1.28. The third kappa shape index (κ3) is 1.81. The first kappa shape index (κ1) is 7.81. The van der Waals surface area contributed by atoms with Crippen LogP contribution in [0.1, 0.15) is 5.69 Å². The smallest absolute Gasteiger partial charge is 0.149 e. The highest BCUT2D eigenvalue weighted by Crippen LogP contribution is 2.14. The van der Waals surface area contributed by atoms with Gasteiger partial charge in [-0.2, -0.15) is 0 Å². The SMILES string of the molecule is CONc1ccc(C)nc1N. The van der Waals surface area contributed by atoms with Gasteiger partial charge >= 0.3 is 0 Å². The highest BCUT2D eigenvalue weighted by Gasteiger charge is 1.97. The zero-order valence-corrected chi connectivity index (χ0v) is 6.59. The minimum Gasteiger partial charge on any atom is -0.382 e. The lowest BCUT2D eigenvalue weighted by atomic mass is 10.3. The molecule has 1 rings (SSSR count). The van der Waals surface area contributed by atoms with E-state index in [0.29, 0.717) is 11.5 Å². The van der Waals surface area contributed by atoms with Crippen molar-refractivity contribution in [2.24, 2.45) is 0 Å². The Kier molecular flexibility index (Phi) is 2.28. The standard InChI is InChI=1S/C7H11N3O/c1-5-3-4-6(10-11-2)7(8)9-5/h3-4,10H,1-2H3,(H2,8,9). The molecule has 3 N–H and O–H groups in total. The summed E-state index contributed by atoms with van der Waals surface area (Å²) in [5, 5.41) is 0. The summed E-state index contributed by atoms with van der Waals surface area (Å²) < 4.78 is 0. The molecule has 0 spiro atoms. The largest absolute Gasteiger partial charge is 0.382 e. The van der Waals surface area contributed by atoms with Gasteiger partial charge in [-0.3, -0.25) is 10.3 Å². The number of aromatic nitrogens is 1. The fourth-order valence-corrected chi connectivity index (χ4v) is 0.773. The highest BCUT2D eigenvalue weighted by molar-refractivity contribution is 5.60. The van der Waals surface area contributed by atoms with Gasteiger partial charge in [0.25, 0.3) is 0 Å². The molecule has 0 saturated heterocycles. The van der Waals surface area contributed by atoms with Gasteiger partial charge in [-0.15, -0.1) is 0 Å². The van der Waals surface area contributed by atoms with Crippen molar-refractivity contribution >= 4 is 11.5 Å². The van der Waals surface area contributed by atoms with E-state index >= 15 is 0 Å². The highest BCUT2D eigenvalue weighted by atomic mass is 16.6. The normalized spacial score (nSPS) is 9.64. The Morgan fingerprint density at radius 1 is 1.55 bits per heavy atom. The van der Waals surface area contributed by atoms with Gasteiger partial charge in [-0.25, -0.2) is 4.98 Å². The fraction of sp³-hybridized carbons (Fsp3) is 0.286. The van der Waals surface area contributed by atoms with Gasteiger partial charge in [0.1, 0.15) is 11.5 Å². The van der Waals surface area contributed by atoms with Crippen LogP contribution in [-0.2, 0) is 4.84 Å². The van der Waals surface area contributed by atoms with Gasteiger partial charge in [0.05, 0.1) is 7.11 Å². The van der Waals surface area contributed by atoms with Crippen molar-refractivity contribution in [2.75, 3.05) is 18.3 Å². The first-order valence-electron chi connectivity index (χ1n) is 3.26. The van der Waals surface area contributed by atoms with Crippen molar-refractivity contribution in [3.8, 4) is 0 Å². The topological polar surface area (TPSA) is 60.2 Å². The van der Waals surface area contributed by atoms with Crippen molar-refractivity contribution in [3.63, 3.8) is 0 Å². The molecular formula is C7H11N3O. The van der Waals surface area contributed by atoms with E-state index in [2.05, 4.69) is 15.3 Å². The molecular weight excluding hydrogens is 142 g/mol. The zero-order valence-electron chi connectivity index (χ0n) is 6.59. The molecule has 0 unspecified atom stereocenters. The minimum absolute atomic E-state index is 0.451. The van der Waals surface area contributed by atoms with Gasteiger partial charge in [0, 0.05) is 5.69 Å². The monoisotopic (exact) mass is 153 g/mol. The van der Waals surface area contributed by atoms with Crippen LogP contribution in [0.15, 0.2) is 12.1 Å². The summed E-state index contributed by atoms with van der Waals surface area (Å²) >= 11 is 0. The first-order valence-corrected chi connectivity index (χ1v) is 3.26. The van der Waals surface area contributed by atoms with E-state index in [1.54, 1.807) is 0 Å². The van der Waals surface area contributed by atoms with E-state index in [-0.39, 0.29) is 0 Å². The molecule has 1 aromatic heterocycles. The average molecular weight is 153 g/mol. The van der Waals surface area contributed by atoms with E-state index in [9.17, 15) is 0 Å². The van der Waals surface area contributed by atoms with Crippen LogP contribution in [0.4, 0.5) is 11.5 Å². The molecule has 0 fully saturated rings. The molecule has 1 heterocycles. The van der Waals surface area contributed by atoms with Gasteiger partial charge in [0.15, 0.2) is 0 Å². The van der Waals surface area contributed by atoms with Gasteiger partial charge in [0.2, 0.25) is 0 Å². The summed E-state index contributed by atoms with van der Waals surface area (Å²) in [5.74, 6) is 0.451. The van der Waals surface area contributed by atoms with Crippen LogP contribution in [0.2, 0.25) is 0 Å². The number of anilines is 2. The van der Waals surface area contributed by atoms with E-state index in [0.717, 1.165) is 5.69 Å². The summed E-state index contributed by atoms with van der Waals surface area (Å²) in [6, 6.07) is 3.68. The van der Waals surface area contributed by atoms with Crippen molar-refractivity contribution in [1.29, 1.82) is 0 Å². The number of rotatable bonds is 2. The van der Waals surface area contributed by atoms with E-state index in [1.807, 2.05) is 19.1 Å². The van der Waals surface area contributed by atoms with Crippen LogP contribution < -0.4 is 11.2 Å². The maximum atomic E-state index is 5.55. The molecule has 0 radical (unpaired) electrons. The summed E-state index contributed by atoms with van der Waals surface area (Å²) in [6.45, 7) is 1.88. The Morgan fingerprint density at radius 3 is 2.82 bits per heavy atom. The molecule has 4 nitrogen and oxygen atoms in total. The van der Waals surface area contributed by atoms with E-state index in [4.69, 9.17) is 5.73 Å². The number of hydrogen-bond acceptors (Lipinski definition) is 4. The van der Waals surface area contributed by atoms with E-state index in [1.165, 1.54) is 7.11 Å². The number of aryl methyl sites for hydroxylation is 1. The lowest BCUT2D eigenvalue weighted by molar-refractivity contribution is 0.271. The number of nitrogens with zero attached hydrogens (tertiary/aromatic N) is 1. The Balaban J connectivity index is 2.90. The lowest BCUT2D eigenvalue weighted by Gasteiger charge is -2.05. The molecule has 0 aromatic carbocycles. The Hall–Kier alpha value is -1.29. The molecule has 1 aromatic rings. The van der Waals surface area contributed by atoms with Gasteiger partial charge < -0.3 is 5.73 Å². The van der Waals surface area contributed by atoms with Crippen LogP contribution >= 0.6 is 0 Å². The summed E-state index contributed by atoms with van der Waals surface area (Å²) in [7, 11) is 1.53. The van der Waals surface area contributed by atoms with Crippen molar-refractivity contribution in [1.82, 2.24) is 4.98 Å². The summed E-state index contributed by atoms with van der Waals surface area (Å²) in [4.78, 5) is 8.71. The van der Waals surface area contributed by atoms with Crippen LogP contribution in [-0.4, -0.2) is 12.1 Å². The molecule has 0 aliphatic rings. The molecule has 0 bridgehead atoms. The fourth-order valence-electron chi connectivity index (χ4n) is 0.773. The van der Waals surface area contributed by atoms with Crippen molar-refractivity contribution in [3.05, 3.63) is 17.8 Å². The Morgan fingerprint density at radius 2 is 2.27 bits per heavy atom. The van der Waals surface area contributed by atoms with Crippen LogP contribution in [0.5, 0.6) is 0 Å². The molecule has 0 atom stereocenters. The number of nitrogens with one attached hydrogen (secondary N) is 1. The predicted molar refractivity (Wildman–Crippen MR) is 44.0 cm³/mol. The Bertz CT molecular complexity index is 249. The molecule has 0 aliphatic heterocycles. The van der Waals surface area contributed by atoms with Crippen LogP contribution in [0, 0.1) is 6.92 Å². The second-order valence-electron chi connectivity index (χ2n) is 2.19. The number of pyridine rings is 1. The molecule has 0 saturated carbocycles. The van der Waals surface area contributed by atoms with Gasteiger partial charge in [-0.05, 0) is 19.1 Å². The second kappa shape index (κ2) is 3.21. The van der Waals surface area contributed by atoms with E-state index < -0.39 is 0 Å².